The van der Waals surface area contributed by atoms with Gasteiger partial charge in [0.25, 0.3) is 0 Å². The molecule has 33 heavy (non-hydrogen) atoms. The second-order valence-corrected chi connectivity index (χ2v) is 12.5. The molecule has 9 atom stereocenters. The number of aromatic nitrogens is 2. The number of nitriles is 1. The third-order valence-electron chi connectivity index (χ3n) is 10.3. The first-order valence-corrected chi connectivity index (χ1v) is 13.1. The first-order chi connectivity index (χ1) is 15.7. The van der Waals surface area contributed by atoms with Crippen LogP contribution in [0.3, 0.4) is 0 Å². The van der Waals surface area contributed by atoms with E-state index in [0.717, 1.165) is 49.0 Å². The molecule has 0 unspecified atom stereocenters. The molecule has 1 aromatic heterocycles. The summed E-state index contributed by atoms with van der Waals surface area (Å²) < 4.78 is 1.63. The molecule has 0 aromatic carbocycles. The number of hydrogen-bond donors (Lipinski definition) is 1. The fourth-order valence-corrected chi connectivity index (χ4v) is 9.29. The van der Waals surface area contributed by atoms with Crippen LogP contribution in [-0.2, 0) is 11.3 Å². The summed E-state index contributed by atoms with van der Waals surface area (Å²) in [6.07, 6.45) is 10.6. The van der Waals surface area contributed by atoms with Gasteiger partial charge in [-0.05, 0) is 105 Å². The molecular weight excluding hydrogens is 434 g/mol. The number of carbonyl (C=O) groups excluding carboxylic acids is 1. The number of rotatable bonds is 3. The molecular formula is C27H36ClN3O2. The van der Waals surface area contributed by atoms with Crippen LogP contribution in [0.15, 0.2) is 11.8 Å². The van der Waals surface area contributed by atoms with E-state index in [0.29, 0.717) is 29.9 Å². The van der Waals surface area contributed by atoms with E-state index < -0.39 is 5.60 Å². The maximum absolute atomic E-state index is 12.2. The van der Waals surface area contributed by atoms with Gasteiger partial charge in [-0.15, -0.1) is 0 Å². The molecule has 6 heteroatoms. The first kappa shape index (κ1) is 23.2. The quantitative estimate of drug-likeness (QED) is 0.598. The van der Waals surface area contributed by atoms with Crippen molar-refractivity contribution < 1.29 is 9.90 Å². The minimum Gasteiger partial charge on any atom is -0.390 e. The van der Waals surface area contributed by atoms with Crippen LogP contribution in [0, 0.1) is 58.2 Å². The summed E-state index contributed by atoms with van der Waals surface area (Å²) in [5.41, 5.74) is 0.744. The van der Waals surface area contributed by atoms with Gasteiger partial charge in [-0.2, -0.15) is 10.4 Å². The highest BCUT2D eigenvalue weighted by atomic mass is 35.5. The number of hydrogen-bond acceptors (Lipinski definition) is 4. The van der Waals surface area contributed by atoms with Gasteiger partial charge in [0.05, 0.1) is 12.1 Å². The molecule has 0 spiro atoms. The van der Waals surface area contributed by atoms with Crippen molar-refractivity contribution in [3.05, 3.63) is 22.5 Å². The molecule has 178 valence electrons. The lowest BCUT2D eigenvalue weighted by molar-refractivity contribution is -0.103. The number of nitrogens with zero attached hydrogens (tertiary/aromatic N) is 3. The average molecular weight is 470 g/mol. The monoisotopic (exact) mass is 469 g/mol. The van der Waals surface area contributed by atoms with Crippen LogP contribution in [0.5, 0.6) is 0 Å². The molecule has 4 saturated carbocycles. The number of halogens is 1. The molecule has 0 saturated heterocycles. The van der Waals surface area contributed by atoms with E-state index in [1.807, 2.05) is 6.92 Å². The van der Waals surface area contributed by atoms with Crippen molar-refractivity contribution in [1.82, 2.24) is 9.78 Å². The lowest BCUT2D eigenvalue weighted by Crippen LogP contribution is -2.51. The summed E-state index contributed by atoms with van der Waals surface area (Å²) in [6, 6.07) is 2.06. The molecule has 1 N–H and O–H groups in total. The molecule has 1 heterocycles. The Labute approximate surface area is 202 Å². The van der Waals surface area contributed by atoms with Crippen LogP contribution in [0.1, 0.15) is 77.7 Å². The largest absolute Gasteiger partial charge is 0.390 e. The molecule has 1 aromatic rings. The highest BCUT2D eigenvalue weighted by molar-refractivity contribution is 6.30. The lowest BCUT2D eigenvalue weighted by atomic mass is 9.48. The van der Waals surface area contributed by atoms with E-state index in [1.165, 1.54) is 25.7 Å². The van der Waals surface area contributed by atoms with Crippen LogP contribution in [-0.4, -0.2) is 26.4 Å². The van der Waals surface area contributed by atoms with Crippen LogP contribution in [0.4, 0.5) is 0 Å². The molecule has 0 bridgehead atoms. The highest BCUT2D eigenvalue weighted by Crippen LogP contribution is 2.67. The van der Waals surface area contributed by atoms with Crippen molar-refractivity contribution in [1.29, 1.82) is 5.26 Å². The summed E-state index contributed by atoms with van der Waals surface area (Å²) in [5, 5.41) is 24.3. The summed E-state index contributed by atoms with van der Waals surface area (Å²) in [4.78, 5) is 12.2. The number of allylic oxidation sites excluding steroid dienone is 1. The Morgan fingerprint density at radius 1 is 1.24 bits per heavy atom. The molecule has 0 aliphatic heterocycles. The van der Waals surface area contributed by atoms with Gasteiger partial charge >= 0.3 is 0 Å². The standard InChI is InChI=1S/C27H36ClN3O2/c1-16-10-23(19(15-32)14-31-13-18(12-29)25(28)30-31)27(3)9-7-21-20-6-8-26(2,33)11-17(20)4-5-22(21)24(16)27/h13,16-17,20-24,33H,4-11,14H2,1-3H3/t16-,17-,20+,21-,22-,23-,24+,26-,27-/m1/s1. The molecule has 0 amide bonds. The second kappa shape index (κ2) is 8.26. The Hall–Kier alpha value is -1.60. The van der Waals surface area contributed by atoms with Gasteiger partial charge < -0.3 is 5.11 Å². The summed E-state index contributed by atoms with van der Waals surface area (Å²) >= 11 is 6.06. The van der Waals surface area contributed by atoms with Crippen molar-refractivity contribution in [3.8, 4) is 6.07 Å². The lowest BCUT2D eigenvalue weighted by Gasteiger charge is -2.57. The van der Waals surface area contributed by atoms with Crippen LogP contribution in [0.2, 0.25) is 5.15 Å². The van der Waals surface area contributed by atoms with Crippen LogP contribution >= 0.6 is 11.6 Å². The van der Waals surface area contributed by atoms with Crippen molar-refractivity contribution in [2.24, 2.45) is 46.8 Å². The van der Waals surface area contributed by atoms with Crippen molar-refractivity contribution >= 4 is 17.5 Å². The fourth-order valence-electron chi connectivity index (χ4n) is 9.11. The molecule has 4 fully saturated rings. The molecule has 0 radical (unpaired) electrons. The SMILES string of the molecule is C[C@@H]1C[C@H](C(=C=O)Cn2cc(C#N)c(Cl)n2)[C@@]2(C)CC[C@H]3[C@@H](CC[C@@H]4C[C@](C)(O)CC[C@@H]43)[C@H]12. The van der Waals surface area contributed by atoms with Crippen LogP contribution < -0.4 is 0 Å². The molecule has 5 rings (SSSR count). The van der Waals surface area contributed by atoms with Gasteiger partial charge in [0.2, 0.25) is 0 Å². The van der Waals surface area contributed by atoms with E-state index >= 15 is 0 Å². The molecule has 5 nitrogen and oxygen atoms in total. The summed E-state index contributed by atoms with van der Waals surface area (Å²) in [5.74, 6) is 6.64. The zero-order valence-electron chi connectivity index (χ0n) is 20.1. The predicted octanol–water partition coefficient (Wildman–Crippen LogP) is 5.43. The predicted molar refractivity (Wildman–Crippen MR) is 127 cm³/mol. The van der Waals surface area contributed by atoms with Gasteiger partial charge in [-0.25, -0.2) is 4.79 Å². The minimum absolute atomic E-state index is 0.106. The minimum atomic E-state index is -0.479. The maximum Gasteiger partial charge on any atom is 0.168 e. The summed E-state index contributed by atoms with van der Waals surface area (Å²) in [7, 11) is 0. The van der Waals surface area contributed by atoms with Gasteiger partial charge in [0.15, 0.2) is 5.15 Å². The van der Waals surface area contributed by atoms with Crippen molar-refractivity contribution in [2.75, 3.05) is 0 Å². The zero-order chi connectivity index (χ0) is 23.5. The third kappa shape index (κ3) is 3.79. The van der Waals surface area contributed by atoms with Gasteiger partial charge in [-0.1, -0.05) is 25.4 Å². The number of fused-ring (bicyclic) bond motifs is 5. The smallest absolute Gasteiger partial charge is 0.168 e. The number of aliphatic hydroxyl groups is 1. The maximum atomic E-state index is 12.2. The average Bonchev–Trinajstić information content (AvgIpc) is 3.26. The van der Waals surface area contributed by atoms with E-state index in [1.54, 1.807) is 10.9 Å². The third-order valence-corrected chi connectivity index (χ3v) is 10.6. The highest BCUT2D eigenvalue weighted by Gasteiger charge is 2.60. The Morgan fingerprint density at radius 3 is 2.70 bits per heavy atom. The van der Waals surface area contributed by atoms with Gasteiger partial charge in [0.1, 0.15) is 17.6 Å². The molecule has 4 aliphatic carbocycles. The van der Waals surface area contributed by atoms with Crippen molar-refractivity contribution in [3.63, 3.8) is 0 Å². The Balaban J connectivity index is 1.38. The first-order valence-electron chi connectivity index (χ1n) is 12.8. The van der Waals surface area contributed by atoms with Gasteiger partial charge in [0, 0.05) is 11.8 Å². The topological polar surface area (TPSA) is 78.9 Å². The Bertz CT molecular complexity index is 1020. The van der Waals surface area contributed by atoms with E-state index in [4.69, 9.17) is 11.6 Å². The summed E-state index contributed by atoms with van der Waals surface area (Å²) in [6.45, 7) is 7.20. The van der Waals surface area contributed by atoms with Crippen molar-refractivity contribution in [2.45, 2.75) is 84.3 Å². The van der Waals surface area contributed by atoms with Gasteiger partial charge in [-0.3, -0.25) is 4.68 Å². The zero-order valence-corrected chi connectivity index (χ0v) is 20.8. The Morgan fingerprint density at radius 2 is 2.00 bits per heavy atom. The normalized spacial score (nSPS) is 44.2. The molecule has 4 aliphatic rings. The van der Waals surface area contributed by atoms with E-state index in [9.17, 15) is 15.2 Å². The van der Waals surface area contributed by atoms with E-state index in [2.05, 4.69) is 31.0 Å². The van der Waals surface area contributed by atoms with E-state index in [-0.39, 0.29) is 16.5 Å². The Kier molecular flexibility index (Phi) is 5.80. The second-order valence-electron chi connectivity index (χ2n) is 12.2. The van der Waals surface area contributed by atoms with Crippen LogP contribution in [0.25, 0.3) is 0 Å². The fraction of sp³-hybridized carbons (Fsp3) is 0.778.